The van der Waals surface area contributed by atoms with Crippen molar-refractivity contribution in [1.82, 2.24) is 10.1 Å². The van der Waals surface area contributed by atoms with Crippen LogP contribution in [0.4, 0.5) is 0 Å². The Balaban J connectivity index is 2.20. The molecular weight excluding hydrogens is 222 g/mol. The van der Waals surface area contributed by atoms with Crippen LogP contribution < -0.4 is 5.73 Å². The predicted molar refractivity (Wildman–Crippen MR) is 64.0 cm³/mol. The van der Waals surface area contributed by atoms with Crippen molar-refractivity contribution in [2.24, 2.45) is 11.7 Å². The Morgan fingerprint density at radius 3 is 3.00 bits per heavy atom. The lowest BCUT2D eigenvalue weighted by atomic mass is 10.0. The largest absolute Gasteiger partial charge is 0.337 e. The van der Waals surface area contributed by atoms with E-state index in [0.29, 0.717) is 17.6 Å². The lowest BCUT2D eigenvalue weighted by Gasteiger charge is -2.12. The Kier molecular flexibility index (Phi) is 3.36. The predicted octanol–water partition coefficient (Wildman–Crippen LogP) is 2.84. The Morgan fingerprint density at radius 1 is 1.56 bits per heavy atom. The minimum absolute atomic E-state index is 0.176. The lowest BCUT2D eigenvalue weighted by Crippen LogP contribution is -2.18. The molecular formula is C11H15N3OS. The van der Waals surface area contributed by atoms with Crippen LogP contribution in [0.5, 0.6) is 0 Å². The van der Waals surface area contributed by atoms with Crippen molar-refractivity contribution >= 4 is 11.3 Å². The van der Waals surface area contributed by atoms with E-state index in [9.17, 15) is 0 Å². The average Bonchev–Trinajstić information content (AvgIpc) is 2.96. The fraction of sp³-hybridized carbons (Fsp3) is 0.455. The van der Waals surface area contributed by atoms with Gasteiger partial charge in [-0.2, -0.15) is 16.3 Å². The van der Waals surface area contributed by atoms with Gasteiger partial charge in [-0.15, -0.1) is 0 Å². The van der Waals surface area contributed by atoms with Gasteiger partial charge in [-0.1, -0.05) is 25.4 Å². The van der Waals surface area contributed by atoms with Gasteiger partial charge in [-0.25, -0.2) is 0 Å². The van der Waals surface area contributed by atoms with E-state index < -0.39 is 0 Å². The second-order valence-corrected chi connectivity index (χ2v) is 4.66. The molecule has 0 aliphatic rings. The summed E-state index contributed by atoms with van der Waals surface area (Å²) in [6, 6.07) is 1.79. The summed E-state index contributed by atoms with van der Waals surface area (Å²) in [5, 5.41) is 7.91. The van der Waals surface area contributed by atoms with Gasteiger partial charge in [0.15, 0.2) is 0 Å². The highest BCUT2D eigenvalue weighted by molar-refractivity contribution is 7.08. The number of nitrogens with two attached hydrogens (primary N) is 1. The highest BCUT2D eigenvalue weighted by atomic mass is 32.1. The summed E-state index contributed by atoms with van der Waals surface area (Å²) in [5.41, 5.74) is 7.00. The van der Waals surface area contributed by atoms with Crippen LogP contribution in [0, 0.1) is 5.92 Å². The molecule has 0 bridgehead atoms. The summed E-state index contributed by atoms with van der Waals surface area (Å²) in [5.74, 6) is 1.49. The molecule has 2 N–H and O–H groups in total. The Morgan fingerprint density at radius 2 is 2.38 bits per heavy atom. The van der Waals surface area contributed by atoms with E-state index >= 15 is 0 Å². The molecule has 0 saturated heterocycles. The van der Waals surface area contributed by atoms with Gasteiger partial charge in [0.05, 0.1) is 6.04 Å². The maximum atomic E-state index is 6.02. The van der Waals surface area contributed by atoms with Crippen molar-refractivity contribution in [3.8, 4) is 11.4 Å². The molecule has 2 rings (SSSR count). The molecule has 0 amide bonds. The molecule has 0 aliphatic heterocycles. The second kappa shape index (κ2) is 4.76. The van der Waals surface area contributed by atoms with Crippen LogP contribution in [0.1, 0.15) is 32.2 Å². The molecule has 0 fully saturated rings. The molecule has 2 aromatic heterocycles. The molecule has 16 heavy (non-hydrogen) atoms. The number of aromatic nitrogens is 2. The van der Waals surface area contributed by atoms with Gasteiger partial charge in [0, 0.05) is 10.9 Å². The monoisotopic (exact) mass is 237 g/mol. The number of nitrogens with zero attached hydrogens (tertiary/aromatic N) is 2. The first-order valence-corrected chi connectivity index (χ1v) is 6.28. The molecule has 0 radical (unpaired) electrons. The highest BCUT2D eigenvalue weighted by Crippen LogP contribution is 2.24. The fourth-order valence-electron chi connectivity index (χ4n) is 1.38. The van der Waals surface area contributed by atoms with E-state index in [4.69, 9.17) is 10.3 Å². The van der Waals surface area contributed by atoms with Gasteiger partial charge in [0.25, 0.3) is 0 Å². The van der Waals surface area contributed by atoms with E-state index in [0.717, 1.165) is 12.0 Å². The van der Waals surface area contributed by atoms with E-state index in [2.05, 4.69) is 24.0 Å². The molecule has 1 unspecified atom stereocenters. The highest BCUT2D eigenvalue weighted by Gasteiger charge is 2.20. The van der Waals surface area contributed by atoms with Gasteiger partial charge in [0.1, 0.15) is 0 Å². The Bertz CT molecular complexity index is 438. The molecule has 0 aromatic carbocycles. The zero-order valence-corrected chi connectivity index (χ0v) is 10.2. The molecule has 2 aromatic rings. The summed E-state index contributed by atoms with van der Waals surface area (Å²) in [6.07, 6.45) is 0.997. The first-order chi connectivity index (χ1) is 7.72. The van der Waals surface area contributed by atoms with Crippen molar-refractivity contribution < 1.29 is 4.52 Å². The molecule has 0 spiro atoms. The van der Waals surface area contributed by atoms with Gasteiger partial charge < -0.3 is 10.3 Å². The van der Waals surface area contributed by atoms with Crippen LogP contribution in [0.2, 0.25) is 0 Å². The Labute approximate surface area is 98.5 Å². The van der Waals surface area contributed by atoms with Crippen molar-refractivity contribution in [1.29, 1.82) is 0 Å². The summed E-state index contributed by atoms with van der Waals surface area (Å²) in [4.78, 5) is 4.33. The van der Waals surface area contributed by atoms with Crippen molar-refractivity contribution in [2.75, 3.05) is 0 Å². The van der Waals surface area contributed by atoms with Crippen LogP contribution >= 0.6 is 11.3 Å². The molecule has 0 saturated carbocycles. The smallest absolute Gasteiger partial charge is 0.244 e. The standard InChI is InChI=1S/C11H15N3OS/c1-3-7(2)9(12)11-13-10(14-15-11)8-4-5-16-6-8/h4-7,9H,3,12H2,1-2H3/t7?,9-/m0/s1. The summed E-state index contributed by atoms with van der Waals surface area (Å²) in [6.45, 7) is 4.18. The van der Waals surface area contributed by atoms with E-state index in [1.165, 1.54) is 0 Å². The molecule has 4 nitrogen and oxygen atoms in total. The van der Waals surface area contributed by atoms with E-state index in [1.54, 1.807) is 11.3 Å². The fourth-order valence-corrected chi connectivity index (χ4v) is 2.01. The SMILES string of the molecule is CCC(C)[C@H](N)c1nc(-c2ccsc2)no1. The van der Waals surface area contributed by atoms with Crippen molar-refractivity contribution in [3.63, 3.8) is 0 Å². The number of thiophene rings is 1. The molecule has 86 valence electrons. The van der Waals surface area contributed by atoms with Crippen LogP contribution in [-0.2, 0) is 0 Å². The van der Waals surface area contributed by atoms with Crippen LogP contribution in [0.15, 0.2) is 21.3 Å². The van der Waals surface area contributed by atoms with Crippen molar-refractivity contribution in [3.05, 3.63) is 22.7 Å². The van der Waals surface area contributed by atoms with E-state index in [1.807, 2.05) is 16.8 Å². The van der Waals surface area contributed by atoms with Gasteiger partial charge in [-0.05, 0) is 17.4 Å². The molecule has 5 heteroatoms. The maximum Gasteiger partial charge on any atom is 0.244 e. The third-order valence-corrected chi connectivity index (χ3v) is 3.45. The quantitative estimate of drug-likeness (QED) is 0.888. The third-order valence-electron chi connectivity index (χ3n) is 2.76. The van der Waals surface area contributed by atoms with Crippen LogP contribution in [0.3, 0.4) is 0 Å². The summed E-state index contributed by atoms with van der Waals surface area (Å²) in [7, 11) is 0. The minimum atomic E-state index is -0.176. The molecule has 2 heterocycles. The number of hydrogen-bond donors (Lipinski definition) is 1. The summed E-state index contributed by atoms with van der Waals surface area (Å²) >= 11 is 1.61. The number of rotatable bonds is 4. The lowest BCUT2D eigenvalue weighted by molar-refractivity contribution is 0.312. The minimum Gasteiger partial charge on any atom is -0.337 e. The first kappa shape index (κ1) is 11.3. The van der Waals surface area contributed by atoms with E-state index in [-0.39, 0.29) is 6.04 Å². The zero-order chi connectivity index (χ0) is 11.5. The number of hydrogen-bond acceptors (Lipinski definition) is 5. The first-order valence-electron chi connectivity index (χ1n) is 5.34. The van der Waals surface area contributed by atoms with Gasteiger partial charge in [0.2, 0.25) is 11.7 Å². The topological polar surface area (TPSA) is 64.9 Å². The molecule has 2 atom stereocenters. The molecule has 0 aliphatic carbocycles. The zero-order valence-electron chi connectivity index (χ0n) is 9.38. The Hall–Kier alpha value is -1.20. The van der Waals surface area contributed by atoms with Gasteiger partial charge >= 0.3 is 0 Å². The summed E-state index contributed by atoms with van der Waals surface area (Å²) < 4.78 is 5.19. The second-order valence-electron chi connectivity index (χ2n) is 3.88. The average molecular weight is 237 g/mol. The normalized spacial score (nSPS) is 14.9. The van der Waals surface area contributed by atoms with Crippen molar-refractivity contribution in [2.45, 2.75) is 26.3 Å². The van der Waals surface area contributed by atoms with Crippen LogP contribution in [0.25, 0.3) is 11.4 Å². The van der Waals surface area contributed by atoms with Crippen LogP contribution in [-0.4, -0.2) is 10.1 Å². The van der Waals surface area contributed by atoms with Gasteiger partial charge in [-0.3, -0.25) is 0 Å². The maximum absolute atomic E-state index is 6.02. The third kappa shape index (κ3) is 2.15.